The zero-order valence-electron chi connectivity index (χ0n) is 19.4. The molecule has 10 heteroatoms. The maximum Gasteiger partial charge on any atom is 0.306 e. The van der Waals surface area contributed by atoms with Crippen LogP contribution in [0.5, 0.6) is 5.88 Å². The van der Waals surface area contributed by atoms with Crippen LogP contribution in [0.4, 0.5) is 4.39 Å². The zero-order chi connectivity index (χ0) is 25.4. The van der Waals surface area contributed by atoms with Gasteiger partial charge in [0.15, 0.2) is 9.84 Å². The molecule has 36 heavy (non-hydrogen) atoms. The number of nitrogens with zero attached hydrogens (tertiary/aromatic N) is 2. The number of aromatic nitrogens is 3. The number of carbonyl (C=O) groups is 1. The molecular weight excluding hydrogens is 485 g/mol. The van der Waals surface area contributed by atoms with Crippen LogP contribution in [-0.2, 0) is 14.6 Å². The van der Waals surface area contributed by atoms with E-state index in [1.165, 1.54) is 18.2 Å². The van der Waals surface area contributed by atoms with Gasteiger partial charge in [-0.15, -0.1) is 0 Å². The molecule has 2 heterocycles. The van der Waals surface area contributed by atoms with Gasteiger partial charge in [0, 0.05) is 24.1 Å². The molecule has 1 aliphatic carbocycles. The Morgan fingerprint density at radius 2 is 1.81 bits per heavy atom. The standard InChI is InChI=1S/C26H24FN3O5S/c1-36(33,34)19-8-10-22-23(13-19)30-25(29-22)20-9-4-16(12-21(20)27)17-5-11-24(28-14-17)35-18-6-2-15(3-7-18)26(31)32/h4-5,8-15,18H,2-3,6-7H2,1H3,(H,29,30)(H,31,32). The van der Waals surface area contributed by atoms with Gasteiger partial charge in [0.2, 0.25) is 5.88 Å². The Bertz CT molecular complexity index is 1540. The molecule has 4 aromatic rings. The van der Waals surface area contributed by atoms with E-state index in [4.69, 9.17) is 9.84 Å². The molecule has 0 amide bonds. The Morgan fingerprint density at radius 3 is 2.44 bits per heavy atom. The van der Waals surface area contributed by atoms with E-state index >= 15 is 4.39 Å². The van der Waals surface area contributed by atoms with Crippen LogP contribution in [0, 0.1) is 11.7 Å². The Kier molecular flexibility index (Phi) is 6.21. The van der Waals surface area contributed by atoms with E-state index in [1.807, 2.05) is 0 Å². The van der Waals surface area contributed by atoms with Crippen molar-refractivity contribution in [2.24, 2.45) is 5.92 Å². The van der Waals surface area contributed by atoms with Crippen molar-refractivity contribution >= 4 is 26.8 Å². The highest BCUT2D eigenvalue weighted by Crippen LogP contribution is 2.30. The van der Waals surface area contributed by atoms with Crippen molar-refractivity contribution in [3.05, 3.63) is 60.5 Å². The maximum atomic E-state index is 15.1. The number of sulfone groups is 1. The molecule has 0 aliphatic heterocycles. The van der Waals surface area contributed by atoms with Gasteiger partial charge in [-0.25, -0.2) is 22.8 Å². The van der Waals surface area contributed by atoms with Gasteiger partial charge in [0.1, 0.15) is 17.7 Å². The molecule has 0 unspecified atom stereocenters. The van der Waals surface area contributed by atoms with Crippen LogP contribution in [0.25, 0.3) is 33.5 Å². The van der Waals surface area contributed by atoms with Gasteiger partial charge in [-0.1, -0.05) is 6.07 Å². The highest BCUT2D eigenvalue weighted by Gasteiger charge is 2.27. The van der Waals surface area contributed by atoms with Crippen molar-refractivity contribution in [2.45, 2.75) is 36.7 Å². The third-order valence-corrected chi connectivity index (χ3v) is 7.60. The number of fused-ring (bicyclic) bond motifs is 1. The summed E-state index contributed by atoms with van der Waals surface area (Å²) in [5.74, 6) is -0.784. The summed E-state index contributed by atoms with van der Waals surface area (Å²) in [6.45, 7) is 0. The number of hydrogen-bond donors (Lipinski definition) is 2. The number of halogens is 1. The van der Waals surface area contributed by atoms with Crippen molar-refractivity contribution in [3.63, 3.8) is 0 Å². The van der Waals surface area contributed by atoms with Crippen LogP contribution in [0.3, 0.4) is 0 Å². The fourth-order valence-electron chi connectivity index (χ4n) is 4.45. The fourth-order valence-corrected chi connectivity index (χ4v) is 5.10. The van der Waals surface area contributed by atoms with Gasteiger partial charge in [-0.3, -0.25) is 4.79 Å². The zero-order valence-corrected chi connectivity index (χ0v) is 20.3. The highest BCUT2D eigenvalue weighted by atomic mass is 32.2. The summed E-state index contributed by atoms with van der Waals surface area (Å²) in [5, 5.41) is 9.12. The van der Waals surface area contributed by atoms with Crippen molar-refractivity contribution in [1.82, 2.24) is 15.0 Å². The van der Waals surface area contributed by atoms with Crippen LogP contribution in [0.15, 0.2) is 59.6 Å². The normalized spacial score (nSPS) is 18.3. The molecule has 2 N–H and O–H groups in total. The minimum atomic E-state index is -3.37. The summed E-state index contributed by atoms with van der Waals surface area (Å²) in [5.41, 5.74) is 2.66. The number of nitrogens with one attached hydrogen (secondary N) is 1. The molecule has 0 atom stereocenters. The molecule has 5 rings (SSSR count). The number of rotatable bonds is 6. The Balaban J connectivity index is 1.31. The minimum absolute atomic E-state index is 0.0620. The van der Waals surface area contributed by atoms with Crippen LogP contribution < -0.4 is 4.74 Å². The molecule has 8 nitrogen and oxygen atoms in total. The summed E-state index contributed by atoms with van der Waals surface area (Å²) >= 11 is 0. The van der Waals surface area contributed by atoms with Crippen LogP contribution in [0.1, 0.15) is 25.7 Å². The fraction of sp³-hybridized carbons (Fsp3) is 0.269. The van der Waals surface area contributed by atoms with E-state index < -0.39 is 21.6 Å². The van der Waals surface area contributed by atoms with Crippen LogP contribution in [-0.4, -0.2) is 46.8 Å². The highest BCUT2D eigenvalue weighted by molar-refractivity contribution is 7.90. The van der Waals surface area contributed by atoms with Crippen molar-refractivity contribution < 1.29 is 27.4 Å². The molecular formula is C26H24FN3O5S. The van der Waals surface area contributed by atoms with E-state index in [9.17, 15) is 13.2 Å². The summed E-state index contributed by atoms with van der Waals surface area (Å²) in [6, 6.07) is 12.9. The Hall–Kier alpha value is -3.79. The first-order chi connectivity index (χ1) is 17.2. The van der Waals surface area contributed by atoms with E-state index in [1.54, 1.807) is 36.5 Å². The van der Waals surface area contributed by atoms with Gasteiger partial charge in [0.25, 0.3) is 0 Å². The average molecular weight is 510 g/mol. The van der Waals surface area contributed by atoms with E-state index in [2.05, 4.69) is 15.0 Å². The Labute approximate surface area is 207 Å². The number of carboxylic acids is 1. The summed E-state index contributed by atoms with van der Waals surface area (Å²) in [4.78, 5) is 23.0. The number of aromatic amines is 1. The quantitative estimate of drug-likeness (QED) is 0.381. The van der Waals surface area contributed by atoms with Gasteiger partial charge in [-0.2, -0.15) is 0 Å². The SMILES string of the molecule is CS(=O)(=O)c1ccc2nc(-c3ccc(-c4ccc(OC5CCC(C(=O)O)CC5)nc4)cc3F)[nH]c2c1. The molecule has 0 saturated heterocycles. The van der Waals surface area contributed by atoms with E-state index in [0.717, 1.165) is 6.26 Å². The molecule has 186 valence electrons. The van der Waals surface area contributed by atoms with Crippen molar-refractivity contribution in [1.29, 1.82) is 0 Å². The third-order valence-electron chi connectivity index (χ3n) is 6.49. The number of H-pyrrole nitrogens is 1. The smallest absolute Gasteiger partial charge is 0.306 e. The largest absolute Gasteiger partial charge is 0.481 e. The third kappa shape index (κ3) is 4.94. The summed E-state index contributed by atoms with van der Waals surface area (Å²) in [7, 11) is -3.37. The van der Waals surface area contributed by atoms with Crippen LogP contribution in [0.2, 0.25) is 0 Å². The molecule has 0 spiro atoms. The number of carboxylic acid groups (broad SMARTS) is 1. The average Bonchev–Trinajstić information content (AvgIpc) is 3.27. The van der Waals surface area contributed by atoms with E-state index in [0.29, 0.717) is 59.5 Å². The lowest BCUT2D eigenvalue weighted by atomic mass is 9.87. The Morgan fingerprint density at radius 1 is 1.06 bits per heavy atom. The molecule has 2 aromatic heterocycles. The minimum Gasteiger partial charge on any atom is -0.481 e. The predicted molar refractivity (Wildman–Crippen MR) is 132 cm³/mol. The monoisotopic (exact) mass is 509 g/mol. The first-order valence-corrected chi connectivity index (χ1v) is 13.4. The van der Waals surface area contributed by atoms with Gasteiger partial charge >= 0.3 is 5.97 Å². The first kappa shape index (κ1) is 23.9. The lowest BCUT2D eigenvalue weighted by molar-refractivity contribution is -0.143. The van der Waals surface area contributed by atoms with Gasteiger partial charge in [-0.05, 0) is 67.6 Å². The van der Waals surface area contributed by atoms with E-state index in [-0.39, 0.29) is 22.5 Å². The first-order valence-electron chi connectivity index (χ1n) is 11.5. The molecule has 2 aromatic carbocycles. The second-order valence-electron chi connectivity index (χ2n) is 9.05. The lowest BCUT2D eigenvalue weighted by Gasteiger charge is -2.26. The molecule has 1 fully saturated rings. The van der Waals surface area contributed by atoms with Gasteiger partial charge < -0.3 is 14.8 Å². The maximum absolute atomic E-state index is 15.1. The lowest BCUT2D eigenvalue weighted by Crippen LogP contribution is -2.28. The van der Waals surface area contributed by atoms with Crippen LogP contribution >= 0.6 is 0 Å². The number of benzene rings is 2. The summed E-state index contributed by atoms with van der Waals surface area (Å²) < 4.78 is 44.6. The predicted octanol–water partition coefficient (Wildman–Crippen LogP) is 4.86. The molecule has 0 bridgehead atoms. The van der Waals surface area contributed by atoms with Crippen molar-refractivity contribution in [3.8, 4) is 28.4 Å². The topological polar surface area (TPSA) is 122 Å². The summed E-state index contributed by atoms with van der Waals surface area (Å²) in [6.07, 6.45) is 5.20. The second kappa shape index (κ2) is 9.34. The van der Waals surface area contributed by atoms with Crippen molar-refractivity contribution in [2.75, 3.05) is 6.26 Å². The number of aliphatic carboxylic acids is 1. The number of imidazole rings is 1. The molecule has 0 radical (unpaired) electrons. The van der Waals surface area contributed by atoms with Gasteiger partial charge in [0.05, 0.1) is 27.4 Å². The molecule has 1 aliphatic rings. The second-order valence-corrected chi connectivity index (χ2v) is 11.1. The molecule has 1 saturated carbocycles. The number of hydrogen-bond acceptors (Lipinski definition) is 6. The number of ether oxygens (including phenoxy) is 1. The number of pyridine rings is 1.